The molecule has 0 amide bonds. The van der Waals surface area contributed by atoms with E-state index in [0.29, 0.717) is 0 Å². The molecule has 4 heterocycles. The van der Waals surface area contributed by atoms with Crippen LogP contribution >= 0.6 is 0 Å². The van der Waals surface area contributed by atoms with Gasteiger partial charge in [-0.3, -0.25) is 9.13 Å². The summed E-state index contributed by atoms with van der Waals surface area (Å²) in [4.78, 5) is 0. The first-order valence-corrected chi connectivity index (χ1v) is 20.2. The van der Waals surface area contributed by atoms with E-state index in [-0.39, 0.29) is 5.41 Å². The quantitative estimate of drug-likeness (QED) is 0.167. The Kier molecular flexibility index (Phi) is 6.98. The number of rotatable bonds is 5. The largest absolute Gasteiger partial charge is 0.309 e. The van der Waals surface area contributed by atoms with Gasteiger partial charge in [-0.2, -0.15) is 0 Å². The molecule has 0 radical (unpaired) electrons. The molecule has 0 aliphatic carbocycles. The van der Waals surface area contributed by atoms with Gasteiger partial charge in [-0.1, -0.05) is 147 Å². The lowest BCUT2D eigenvalue weighted by molar-refractivity contribution is 0.644. The van der Waals surface area contributed by atoms with Gasteiger partial charge >= 0.3 is 0 Å². The second-order valence-electron chi connectivity index (χ2n) is 16.2. The van der Waals surface area contributed by atoms with Crippen molar-refractivity contribution >= 4 is 43.7 Å². The summed E-state index contributed by atoms with van der Waals surface area (Å²) < 4.78 is 7.36. The van der Waals surface area contributed by atoms with Gasteiger partial charge in [0.05, 0.1) is 22.2 Å². The predicted molar refractivity (Wildman–Crippen MR) is 243 cm³/mol. The van der Waals surface area contributed by atoms with Gasteiger partial charge in [0.1, 0.15) is 5.65 Å². The van der Waals surface area contributed by atoms with Crippen molar-refractivity contribution in [3.05, 3.63) is 211 Å². The summed E-state index contributed by atoms with van der Waals surface area (Å²) in [5.41, 5.74) is 18.3. The monoisotopic (exact) mass is 741 g/mol. The van der Waals surface area contributed by atoms with Crippen molar-refractivity contribution in [2.45, 2.75) is 19.3 Å². The van der Waals surface area contributed by atoms with Crippen molar-refractivity contribution in [2.24, 2.45) is 0 Å². The Morgan fingerprint density at radius 2 is 0.793 bits per heavy atom. The van der Waals surface area contributed by atoms with Crippen LogP contribution in [0.15, 0.2) is 200 Å². The van der Waals surface area contributed by atoms with Gasteiger partial charge in [0.25, 0.3) is 0 Å². The highest BCUT2D eigenvalue weighted by Gasteiger charge is 2.38. The number of fused-ring (bicyclic) bond motifs is 10. The van der Waals surface area contributed by atoms with Crippen molar-refractivity contribution in [3.63, 3.8) is 0 Å². The molecule has 3 heteroatoms. The van der Waals surface area contributed by atoms with Crippen molar-refractivity contribution in [1.29, 1.82) is 0 Å². The van der Waals surface area contributed by atoms with E-state index in [2.05, 4.69) is 228 Å². The van der Waals surface area contributed by atoms with Crippen LogP contribution in [0.5, 0.6) is 0 Å². The summed E-state index contributed by atoms with van der Waals surface area (Å²) in [6.45, 7) is 4.70. The zero-order valence-corrected chi connectivity index (χ0v) is 32.4. The third-order valence-corrected chi connectivity index (χ3v) is 12.6. The number of benzene rings is 8. The van der Waals surface area contributed by atoms with Crippen LogP contribution in [0.3, 0.4) is 0 Å². The van der Waals surface area contributed by atoms with Gasteiger partial charge in [-0.25, -0.2) is 0 Å². The van der Waals surface area contributed by atoms with E-state index in [1.807, 2.05) is 0 Å². The third kappa shape index (κ3) is 4.74. The minimum Gasteiger partial charge on any atom is -0.309 e. The average molecular weight is 742 g/mol. The van der Waals surface area contributed by atoms with Crippen LogP contribution in [0.1, 0.15) is 25.1 Å². The normalized spacial score (nSPS) is 13.1. The van der Waals surface area contributed by atoms with Crippen LogP contribution in [-0.4, -0.2) is 13.7 Å². The highest BCUT2D eigenvalue weighted by Crippen LogP contribution is 2.48. The van der Waals surface area contributed by atoms with Crippen LogP contribution in [0, 0.1) is 0 Å². The summed E-state index contributed by atoms with van der Waals surface area (Å²) >= 11 is 0. The SMILES string of the molecule is CC1(C)c2ccccc2-n2c1cc1c3ccccc3n(-c3ccc(-c4ccc(-n5c6ccc(-c7ccccc7)cc6c6cc(-c7ccccc7)ccc65)cc4)cc3)c12. The van der Waals surface area contributed by atoms with E-state index in [9.17, 15) is 0 Å². The maximum atomic E-state index is 2.50. The first-order valence-electron chi connectivity index (χ1n) is 20.2. The van der Waals surface area contributed by atoms with Crippen LogP contribution in [-0.2, 0) is 5.41 Å². The van der Waals surface area contributed by atoms with Crippen molar-refractivity contribution in [2.75, 3.05) is 0 Å². The van der Waals surface area contributed by atoms with E-state index >= 15 is 0 Å². The van der Waals surface area contributed by atoms with E-state index in [4.69, 9.17) is 0 Å². The third-order valence-electron chi connectivity index (χ3n) is 12.6. The maximum Gasteiger partial charge on any atom is 0.130 e. The van der Waals surface area contributed by atoms with Crippen LogP contribution in [0.25, 0.3) is 94.2 Å². The summed E-state index contributed by atoms with van der Waals surface area (Å²) in [7, 11) is 0. The van der Waals surface area contributed by atoms with E-state index in [1.54, 1.807) is 0 Å². The molecule has 12 rings (SSSR count). The molecule has 3 aromatic heterocycles. The molecule has 0 fully saturated rings. The molecule has 0 saturated heterocycles. The topological polar surface area (TPSA) is 14.8 Å². The molecular formula is C55H39N3. The molecule has 0 saturated carbocycles. The average Bonchev–Trinajstić information content (AvgIpc) is 3.99. The zero-order valence-electron chi connectivity index (χ0n) is 32.4. The molecule has 11 aromatic rings. The Morgan fingerprint density at radius 3 is 1.40 bits per heavy atom. The molecule has 0 bridgehead atoms. The highest BCUT2D eigenvalue weighted by atomic mass is 15.2. The standard InChI is InChI=1S/C55H39N3/c1-55(2)48-18-10-12-20-52(48)58-53(55)35-47-44-17-9-11-19-49(44)57(54(47)58)43-29-23-39(24-30-43)38-21-27-42(28-22-38)56-50-31-25-40(36-13-5-3-6-14-36)33-45(50)46-34-41(26-32-51(46)56)37-15-7-4-8-16-37/h3-35H,1-2H3. The van der Waals surface area contributed by atoms with Gasteiger partial charge in [-0.15, -0.1) is 0 Å². The Balaban J connectivity index is 0.951. The van der Waals surface area contributed by atoms with Crippen molar-refractivity contribution < 1.29 is 0 Å². The van der Waals surface area contributed by atoms with E-state index in [1.165, 1.54) is 94.1 Å². The number of hydrogen-bond acceptors (Lipinski definition) is 0. The van der Waals surface area contributed by atoms with Gasteiger partial charge in [0.15, 0.2) is 0 Å². The van der Waals surface area contributed by atoms with Gasteiger partial charge in [-0.05, 0) is 106 Å². The minimum absolute atomic E-state index is 0.0764. The molecule has 1 aliphatic heterocycles. The number of aromatic nitrogens is 3. The van der Waals surface area contributed by atoms with Crippen molar-refractivity contribution in [1.82, 2.24) is 13.7 Å². The number of para-hydroxylation sites is 2. The first kappa shape index (κ1) is 32.8. The van der Waals surface area contributed by atoms with Gasteiger partial charge in [0, 0.05) is 44.0 Å². The minimum atomic E-state index is -0.0764. The van der Waals surface area contributed by atoms with Crippen molar-refractivity contribution in [3.8, 4) is 50.4 Å². The molecular weight excluding hydrogens is 703 g/mol. The molecule has 58 heavy (non-hydrogen) atoms. The summed E-state index contributed by atoms with van der Waals surface area (Å²) in [5.74, 6) is 0. The lowest BCUT2D eigenvalue weighted by Crippen LogP contribution is -2.15. The second kappa shape index (κ2) is 12.3. The molecule has 1 aliphatic rings. The Hall–Kier alpha value is -7.36. The summed E-state index contributed by atoms with van der Waals surface area (Å²) in [5, 5.41) is 5.08. The molecule has 0 atom stereocenters. The fourth-order valence-electron chi connectivity index (χ4n) is 9.76. The molecule has 0 spiro atoms. The Morgan fingerprint density at radius 1 is 0.328 bits per heavy atom. The second-order valence-corrected chi connectivity index (χ2v) is 16.2. The Labute approximate surface area is 337 Å². The van der Waals surface area contributed by atoms with Crippen LogP contribution in [0.2, 0.25) is 0 Å². The molecule has 0 unspecified atom stereocenters. The van der Waals surface area contributed by atoms with E-state index in [0.717, 1.165) is 11.4 Å². The smallest absolute Gasteiger partial charge is 0.130 e. The molecule has 0 N–H and O–H groups in total. The Bertz CT molecular complexity index is 3280. The predicted octanol–water partition coefficient (Wildman–Crippen LogP) is 14.3. The van der Waals surface area contributed by atoms with Crippen LogP contribution < -0.4 is 0 Å². The lowest BCUT2D eigenvalue weighted by atomic mass is 9.83. The van der Waals surface area contributed by atoms with Crippen LogP contribution in [0.4, 0.5) is 0 Å². The summed E-state index contributed by atoms with van der Waals surface area (Å²) in [6.07, 6.45) is 0. The lowest BCUT2D eigenvalue weighted by Gasteiger charge is -2.18. The number of hydrogen-bond donors (Lipinski definition) is 0. The fourth-order valence-corrected chi connectivity index (χ4v) is 9.76. The van der Waals surface area contributed by atoms with Gasteiger partial charge < -0.3 is 4.57 Å². The first-order chi connectivity index (χ1) is 28.5. The summed E-state index contributed by atoms with van der Waals surface area (Å²) in [6, 6.07) is 73.4. The molecule has 8 aromatic carbocycles. The molecule has 274 valence electrons. The zero-order chi connectivity index (χ0) is 38.5. The van der Waals surface area contributed by atoms with Gasteiger partial charge in [0.2, 0.25) is 0 Å². The highest BCUT2D eigenvalue weighted by molar-refractivity contribution is 6.12. The number of nitrogens with zero attached hydrogens (tertiary/aromatic N) is 3. The van der Waals surface area contributed by atoms with E-state index < -0.39 is 0 Å². The molecule has 3 nitrogen and oxygen atoms in total. The fraction of sp³-hybridized carbons (Fsp3) is 0.0545. The maximum absolute atomic E-state index is 2.50.